The predicted octanol–water partition coefficient (Wildman–Crippen LogP) is 2.63. The van der Waals surface area contributed by atoms with Gasteiger partial charge in [-0.3, -0.25) is 33.7 Å². The van der Waals surface area contributed by atoms with E-state index >= 15 is 0 Å². The van der Waals surface area contributed by atoms with Gasteiger partial charge in [-0.1, -0.05) is 48.9 Å². The van der Waals surface area contributed by atoms with E-state index in [1.165, 1.54) is 17.1 Å². The molecule has 0 aliphatic carbocycles. The Morgan fingerprint density at radius 1 is 0.750 bits per heavy atom. The lowest BCUT2D eigenvalue weighted by atomic mass is 10.0. The number of urea groups is 1. The molecular formula is C48H66N8O12. The number of alkyl carbamates (subject to hydrolysis) is 1. The highest BCUT2D eigenvalue weighted by Gasteiger charge is 2.55. The maximum absolute atomic E-state index is 14.2. The second-order valence-electron chi connectivity index (χ2n) is 18.4. The van der Waals surface area contributed by atoms with Gasteiger partial charge in [0.1, 0.15) is 36.0 Å². The van der Waals surface area contributed by atoms with E-state index in [1.54, 1.807) is 71.0 Å². The number of fused-ring (bicyclic) bond motifs is 1. The number of hydrogen-bond donors (Lipinski definition) is 7. The Labute approximate surface area is 396 Å². The van der Waals surface area contributed by atoms with Crippen LogP contribution in [0.25, 0.3) is 0 Å². The molecule has 0 spiro atoms. The number of carbonyl (C=O) groups is 8. The van der Waals surface area contributed by atoms with Crippen LogP contribution in [-0.4, -0.2) is 127 Å². The summed E-state index contributed by atoms with van der Waals surface area (Å²) in [5.41, 5.74) is 6.73. The standard InChI is InChI=1S/C48H66N8O12/c1-47(2,3)68-46(64)51-25-23-30-17-19-32(20-18-30)53-43(61)33(15-12-24-50-45(49)63)55-44(62)34(27-31-13-8-6-9-14-31)54-38(58)28-35-41-42(67-48(4,5)66-41)36(65-35)29-52-37(57)16-10-7-11-26-56-39(59)21-22-40(56)60/h6,8-9,13-14,17-22,33-36,41-42H,7,10-12,15-16,23-29H2,1-5H3,(H,51,64)(H,52,57)(H,53,61)(H,54,58)(H,55,62)(H3,49,50,63)/t33?,34-,35+,36-,41?,42?/m1/s1. The maximum atomic E-state index is 14.2. The number of carbonyl (C=O) groups excluding carboxylic acids is 8. The normalized spacial score (nSPS) is 20.2. The Balaban J connectivity index is 1.18. The molecule has 3 heterocycles. The van der Waals surface area contributed by atoms with Gasteiger partial charge in [0.05, 0.1) is 12.5 Å². The third kappa shape index (κ3) is 17.0. The molecule has 5 rings (SSSR count). The van der Waals surface area contributed by atoms with E-state index in [1.807, 2.05) is 18.2 Å². The van der Waals surface area contributed by atoms with E-state index < -0.39 is 77.7 Å². The lowest BCUT2D eigenvalue weighted by molar-refractivity contribution is -0.187. The van der Waals surface area contributed by atoms with Crippen molar-refractivity contribution in [3.8, 4) is 0 Å². The Morgan fingerprint density at radius 3 is 2.09 bits per heavy atom. The van der Waals surface area contributed by atoms with E-state index in [4.69, 9.17) is 24.7 Å². The van der Waals surface area contributed by atoms with E-state index in [0.29, 0.717) is 37.9 Å². The van der Waals surface area contributed by atoms with Crippen LogP contribution in [0.5, 0.6) is 0 Å². The average Bonchev–Trinajstić information content (AvgIpc) is 3.88. The van der Waals surface area contributed by atoms with Crippen LogP contribution in [-0.2, 0) is 60.6 Å². The minimum Gasteiger partial charge on any atom is -0.444 e. The van der Waals surface area contributed by atoms with E-state index in [-0.39, 0.29) is 69.5 Å². The first-order chi connectivity index (χ1) is 32.2. The summed E-state index contributed by atoms with van der Waals surface area (Å²) in [4.78, 5) is 103. The quantitative estimate of drug-likeness (QED) is 0.0591. The van der Waals surface area contributed by atoms with Crippen LogP contribution in [0.3, 0.4) is 0 Å². The van der Waals surface area contributed by atoms with E-state index in [2.05, 4.69) is 31.9 Å². The molecule has 3 aliphatic rings. The molecule has 370 valence electrons. The molecule has 2 fully saturated rings. The zero-order valence-electron chi connectivity index (χ0n) is 39.4. The van der Waals surface area contributed by atoms with Crippen LogP contribution in [0.15, 0.2) is 66.7 Å². The van der Waals surface area contributed by atoms with Gasteiger partial charge in [0.15, 0.2) is 5.79 Å². The average molecular weight is 947 g/mol. The van der Waals surface area contributed by atoms with Gasteiger partial charge >= 0.3 is 12.1 Å². The van der Waals surface area contributed by atoms with Gasteiger partial charge < -0.3 is 56.6 Å². The van der Waals surface area contributed by atoms with Crippen molar-refractivity contribution < 1.29 is 57.3 Å². The van der Waals surface area contributed by atoms with Gasteiger partial charge in [0.25, 0.3) is 11.8 Å². The van der Waals surface area contributed by atoms with Crippen molar-refractivity contribution in [3.05, 3.63) is 77.9 Å². The van der Waals surface area contributed by atoms with Crippen molar-refractivity contribution >= 4 is 53.3 Å². The molecule has 6 atom stereocenters. The molecule has 0 saturated carbocycles. The molecule has 0 bridgehead atoms. The number of anilines is 1. The molecule has 0 radical (unpaired) electrons. The predicted molar refractivity (Wildman–Crippen MR) is 248 cm³/mol. The van der Waals surface area contributed by atoms with Crippen molar-refractivity contribution in [1.82, 2.24) is 31.5 Å². The zero-order valence-corrected chi connectivity index (χ0v) is 39.4. The van der Waals surface area contributed by atoms with Crippen molar-refractivity contribution in [2.75, 3.05) is 31.5 Å². The fourth-order valence-corrected chi connectivity index (χ4v) is 7.95. The third-order valence-electron chi connectivity index (χ3n) is 11.2. The Morgan fingerprint density at radius 2 is 1.43 bits per heavy atom. The van der Waals surface area contributed by atoms with Crippen molar-refractivity contribution in [1.29, 1.82) is 0 Å². The Bertz CT molecular complexity index is 2110. The molecule has 8 N–H and O–H groups in total. The highest BCUT2D eigenvalue weighted by atomic mass is 16.8. The molecule has 3 unspecified atom stereocenters. The lowest BCUT2D eigenvalue weighted by Crippen LogP contribution is -2.54. The first kappa shape index (κ1) is 52.6. The summed E-state index contributed by atoms with van der Waals surface area (Å²) in [5, 5.41) is 16.6. The SMILES string of the molecule is CC(C)(C)OC(=O)NCCc1ccc(NC(=O)C(CCCNC(N)=O)NC(=O)[C@@H](Cc2ccccc2)NC(=O)C[C@@H]2O[C@H](CNC(=O)CCCCCN3C(=O)C=CC3=O)C3OC(C)(C)OC32)cc1. The Hall–Kier alpha value is -6.38. The number of primary amides is 1. The topological polar surface area (TPSA) is 275 Å². The summed E-state index contributed by atoms with van der Waals surface area (Å²) in [6.45, 7) is 9.70. The molecule has 2 saturated heterocycles. The van der Waals surface area contributed by atoms with Gasteiger partial charge in [0.2, 0.25) is 23.6 Å². The van der Waals surface area contributed by atoms with Gasteiger partial charge in [-0.25, -0.2) is 9.59 Å². The number of imide groups is 1. The second-order valence-corrected chi connectivity index (χ2v) is 18.4. The van der Waals surface area contributed by atoms with E-state index in [9.17, 15) is 38.4 Å². The van der Waals surface area contributed by atoms with Gasteiger partial charge in [-0.05, 0) is 90.0 Å². The summed E-state index contributed by atoms with van der Waals surface area (Å²) in [6.07, 6.45) is 2.02. The molecular weight excluding hydrogens is 881 g/mol. The largest absolute Gasteiger partial charge is 0.444 e. The molecule has 20 nitrogen and oxygen atoms in total. The fraction of sp³-hybridized carbons (Fsp3) is 0.542. The number of ether oxygens (including phenoxy) is 4. The van der Waals surface area contributed by atoms with Gasteiger partial charge in [-0.15, -0.1) is 0 Å². The number of benzene rings is 2. The number of hydrogen-bond acceptors (Lipinski definition) is 12. The molecule has 3 aliphatic heterocycles. The molecule has 68 heavy (non-hydrogen) atoms. The highest BCUT2D eigenvalue weighted by molar-refractivity contribution is 6.12. The van der Waals surface area contributed by atoms with Crippen molar-refractivity contribution in [3.63, 3.8) is 0 Å². The summed E-state index contributed by atoms with van der Waals surface area (Å²) < 4.78 is 23.9. The lowest BCUT2D eigenvalue weighted by Gasteiger charge is -2.26. The summed E-state index contributed by atoms with van der Waals surface area (Å²) in [6, 6.07) is 13.1. The number of rotatable bonds is 24. The minimum absolute atomic E-state index is 0.0881. The number of amides is 9. The second kappa shape index (κ2) is 24.6. The first-order valence-corrected chi connectivity index (χ1v) is 23.1. The van der Waals surface area contributed by atoms with Crippen LogP contribution in [0, 0.1) is 0 Å². The third-order valence-corrected chi connectivity index (χ3v) is 11.2. The van der Waals surface area contributed by atoms with Crippen molar-refractivity contribution in [2.45, 2.75) is 140 Å². The Kier molecular flexibility index (Phi) is 19.0. The number of nitrogens with two attached hydrogens (primary N) is 1. The molecule has 0 aromatic heterocycles. The van der Waals surface area contributed by atoms with Crippen LogP contribution in [0.4, 0.5) is 15.3 Å². The molecule has 9 amide bonds. The van der Waals surface area contributed by atoms with Crippen LogP contribution in [0.2, 0.25) is 0 Å². The van der Waals surface area contributed by atoms with Crippen molar-refractivity contribution in [2.24, 2.45) is 5.73 Å². The molecule has 20 heteroatoms. The highest BCUT2D eigenvalue weighted by Crippen LogP contribution is 2.39. The van der Waals surface area contributed by atoms with E-state index in [0.717, 1.165) is 11.1 Å². The van der Waals surface area contributed by atoms with Crippen LogP contribution >= 0.6 is 0 Å². The minimum atomic E-state index is -1.13. The van der Waals surface area contributed by atoms with Crippen LogP contribution < -0.4 is 37.6 Å². The number of unbranched alkanes of at least 4 members (excludes halogenated alkanes) is 2. The summed E-state index contributed by atoms with van der Waals surface area (Å²) >= 11 is 0. The smallest absolute Gasteiger partial charge is 0.407 e. The number of nitrogens with zero attached hydrogens (tertiary/aromatic N) is 1. The number of nitrogens with one attached hydrogen (secondary N) is 6. The van der Waals surface area contributed by atoms with Gasteiger partial charge in [0, 0.05) is 56.9 Å². The first-order valence-electron chi connectivity index (χ1n) is 23.1. The molecule has 2 aromatic rings. The summed E-state index contributed by atoms with van der Waals surface area (Å²) in [7, 11) is 0. The molecule has 2 aromatic carbocycles. The summed E-state index contributed by atoms with van der Waals surface area (Å²) in [5.74, 6) is -3.56. The monoisotopic (exact) mass is 946 g/mol. The maximum Gasteiger partial charge on any atom is 0.407 e. The van der Waals surface area contributed by atoms with Gasteiger partial charge in [-0.2, -0.15) is 0 Å². The fourth-order valence-electron chi connectivity index (χ4n) is 7.95. The zero-order chi connectivity index (χ0) is 49.4. The van der Waals surface area contributed by atoms with Crippen LogP contribution in [0.1, 0.15) is 90.7 Å².